The van der Waals surface area contributed by atoms with E-state index in [1.807, 2.05) is 6.07 Å². The maximum Gasteiger partial charge on any atom is 0.330 e. The van der Waals surface area contributed by atoms with E-state index in [0.29, 0.717) is 5.56 Å². The summed E-state index contributed by atoms with van der Waals surface area (Å²) in [5.74, 6) is -1.08. The van der Waals surface area contributed by atoms with Crippen molar-refractivity contribution in [1.82, 2.24) is 5.32 Å². The number of carbonyl (C=O) groups excluding carboxylic acids is 2. The molecule has 0 radical (unpaired) electrons. The molecule has 1 rings (SSSR count). The number of nitrogens with one attached hydrogen (secondary N) is 1. The Hall–Kier alpha value is -1.88. The zero-order valence-electron chi connectivity index (χ0n) is 9.77. The van der Waals surface area contributed by atoms with Crippen molar-refractivity contribution < 1.29 is 19.4 Å². The van der Waals surface area contributed by atoms with Gasteiger partial charge in [-0.25, -0.2) is 4.79 Å². The van der Waals surface area contributed by atoms with Crippen LogP contribution in [0.5, 0.6) is 0 Å². The fraction of sp³-hybridized carbons (Fsp3) is 0.333. The van der Waals surface area contributed by atoms with E-state index in [9.17, 15) is 9.59 Å². The first-order valence-electron chi connectivity index (χ1n) is 5.15. The maximum absolute atomic E-state index is 11.8. The Morgan fingerprint density at radius 1 is 1.41 bits per heavy atom. The number of methoxy groups -OCH3 is 1. The minimum Gasteiger partial charge on any atom is -0.467 e. The van der Waals surface area contributed by atoms with Crippen molar-refractivity contribution in [2.24, 2.45) is 0 Å². The van der Waals surface area contributed by atoms with Crippen molar-refractivity contribution in [3.8, 4) is 0 Å². The second-order valence-electron chi connectivity index (χ2n) is 3.55. The minimum absolute atomic E-state index is 0.410. The molecule has 2 N–H and O–H groups in total. The van der Waals surface area contributed by atoms with Crippen molar-refractivity contribution in [2.45, 2.75) is 13.0 Å². The highest BCUT2D eigenvalue weighted by Gasteiger charge is 2.21. The number of hydrogen-bond acceptors (Lipinski definition) is 4. The zero-order valence-corrected chi connectivity index (χ0v) is 9.77. The average Bonchev–Trinajstić information content (AvgIpc) is 2.35. The number of rotatable bonds is 4. The summed E-state index contributed by atoms with van der Waals surface area (Å²) in [5, 5.41) is 11.4. The molecule has 0 aliphatic carbocycles. The van der Waals surface area contributed by atoms with Crippen LogP contribution >= 0.6 is 0 Å². The van der Waals surface area contributed by atoms with Gasteiger partial charge in [-0.3, -0.25) is 4.79 Å². The number of carbonyl (C=O) groups is 2. The Kier molecular flexibility index (Phi) is 4.66. The Bertz CT molecular complexity index is 417. The summed E-state index contributed by atoms with van der Waals surface area (Å²) >= 11 is 0. The molecule has 0 heterocycles. The standard InChI is InChI=1S/C12H15NO4/c1-8-5-3-4-6-9(8)11(15)13-10(7-14)12(16)17-2/h3-6,10,14H,7H2,1-2H3,(H,13,15)/t10-/m0/s1. The molecule has 0 bridgehead atoms. The Morgan fingerprint density at radius 2 is 2.06 bits per heavy atom. The zero-order chi connectivity index (χ0) is 12.8. The first-order chi connectivity index (χ1) is 8.10. The van der Waals surface area contributed by atoms with Crippen LogP contribution in [0.4, 0.5) is 0 Å². The molecule has 0 aliphatic rings. The number of esters is 1. The molecule has 0 saturated heterocycles. The van der Waals surface area contributed by atoms with E-state index in [2.05, 4.69) is 10.1 Å². The van der Waals surface area contributed by atoms with E-state index in [0.717, 1.165) is 5.56 Å². The molecule has 1 aromatic carbocycles. The molecule has 0 fully saturated rings. The van der Waals surface area contributed by atoms with Crippen LogP contribution < -0.4 is 5.32 Å². The van der Waals surface area contributed by atoms with Gasteiger partial charge in [0.15, 0.2) is 6.04 Å². The number of benzene rings is 1. The first kappa shape index (κ1) is 13.2. The molecule has 17 heavy (non-hydrogen) atoms. The number of aryl methyl sites for hydroxylation is 1. The summed E-state index contributed by atoms with van der Waals surface area (Å²) in [4.78, 5) is 23.0. The lowest BCUT2D eigenvalue weighted by molar-refractivity contribution is -0.143. The van der Waals surface area contributed by atoms with Crippen LogP contribution in [0.2, 0.25) is 0 Å². The van der Waals surface area contributed by atoms with Gasteiger partial charge in [0, 0.05) is 5.56 Å². The van der Waals surface area contributed by atoms with E-state index >= 15 is 0 Å². The van der Waals surface area contributed by atoms with Gasteiger partial charge in [0.25, 0.3) is 5.91 Å². The van der Waals surface area contributed by atoms with Crippen molar-refractivity contribution in [3.63, 3.8) is 0 Å². The van der Waals surface area contributed by atoms with Crippen LogP contribution in [0.3, 0.4) is 0 Å². The lowest BCUT2D eigenvalue weighted by atomic mass is 10.1. The highest BCUT2D eigenvalue weighted by Crippen LogP contribution is 2.06. The average molecular weight is 237 g/mol. The molecule has 1 atom stereocenters. The predicted octanol–water partition coefficient (Wildman–Crippen LogP) is 0.259. The van der Waals surface area contributed by atoms with Crippen LogP contribution in [-0.2, 0) is 9.53 Å². The van der Waals surface area contributed by atoms with Crippen LogP contribution in [-0.4, -0.2) is 36.7 Å². The molecule has 1 aromatic rings. The van der Waals surface area contributed by atoms with Gasteiger partial charge < -0.3 is 15.2 Å². The van der Waals surface area contributed by atoms with Crippen molar-refractivity contribution in [2.75, 3.05) is 13.7 Å². The van der Waals surface area contributed by atoms with E-state index < -0.39 is 24.5 Å². The van der Waals surface area contributed by atoms with Crippen LogP contribution in [0.15, 0.2) is 24.3 Å². The first-order valence-corrected chi connectivity index (χ1v) is 5.15. The van der Waals surface area contributed by atoms with E-state index in [4.69, 9.17) is 5.11 Å². The second kappa shape index (κ2) is 6.00. The molecule has 92 valence electrons. The van der Waals surface area contributed by atoms with Gasteiger partial charge in [0.05, 0.1) is 13.7 Å². The van der Waals surface area contributed by atoms with Crippen molar-refractivity contribution >= 4 is 11.9 Å². The highest BCUT2D eigenvalue weighted by atomic mass is 16.5. The number of aliphatic hydroxyl groups is 1. The molecular weight excluding hydrogens is 222 g/mol. The number of amides is 1. The third-order valence-electron chi connectivity index (χ3n) is 2.36. The Morgan fingerprint density at radius 3 is 2.59 bits per heavy atom. The minimum atomic E-state index is -1.04. The fourth-order valence-electron chi connectivity index (χ4n) is 1.39. The van der Waals surface area contributed by atoms with E-state index in [1.54, 1.807) is 25.1 Å². The summed E-state index contributed by atoms with van der Waals surface area (Å²) in [6.45, 7) is 1.30. The summed E-state index contributed by atoms with van der Waals surface area (Å²) in [5.41, 5.74) is 1.27. The Balaban J connectivity index is 2.78. The summed E-state index contributed by atoms with van der Waals surface area (Å²) < 4.78 is 4.46. The van der Waals surface area contributed by atoms with E-state index in [-0.39, 0.29) is 0 Å². The third kappa shape index (κ3) is 3.29. The number of ether oxygens (including phenoxy) is 1. The molecule has 5 nitrogen and oxygen atoms in total. The number of aliphatic hydroxyl groups excluding tert-OH is 1. The largest absolute Gasteiger partial charge is 0.467 e. The lowest BCUT2D eigenvalue weighted by Crippen LogP contribution is -2.44. The molecule has 0 unspecified atom stereocenters. The van der Waals surface area contributed by atoms with E-state index in [1.165, 1.54) is 7.11 Å². The topological polar surface area (TPSA) is 75.6 Å². The normalized spacial score (nSPS) is 11.7. The summed E-state index contributed by atoms with van der Waals surface area (Å²) in [6.07, 6.45) is 0. The molecule has 0 saturated carbocycles. The summed E-state index contributed by atoms with van der Waals surface area (Å²) in [7, 11) is 1.20. The fourth-order valence-corrected chi connectivity index (χ4v) is 1.39. The molecule has 0 aromatic heterocycles. The van der Waals surface area contributed by atoms with Crippen molar-refractivity contribution in [3.05, 3.63) is 35.4 Å². The van der Waals surface area contributed by atoms with Crippen LogP contribution in [0.25, 0.3) is 0 Å². The maximum atomic E-state index is 11.8. The van der Waals surface area contributed by atoms with Gasteiger partial charge in [0.1, 0.15) is 0 Å². The molecule has 5 heteroatoms. The monoisotopic (exact) mass is 237 g/mol. The van der Waals surface area contributed by atoms with Gasteiger partial charge in [-0.05, 0) is 18.6 Å². The molecule has 0 aliphatic heterocycles. The van der Waals surface area contributed by atoms with Crippen molar-refractivity contribution in [1.29, 1.82) is 0 Å². The van der Waals surface area contributed by atoms with Gasteiger partial charge in [-0.2, -0.15) is 0 Å². The smallest absolute Gasteiger partial charge is 0.330 e. The quantitative estimate of drug-likeness (QED) is 0.736. The van der Waals surface area contributed by atoms with Gasteiger partial charge in [-0.1, -0.05) is 18.2 Å². The lowest BCUT2D eigenvalue weighted by Gasteiger charge is -2.14. The van der Waals surface area contributed by atoms with Gasteiger partial charge in [0.2, 0.25) is 0 Å². The van der Waals surface area contributed by atoms with Gasteiger partial charge >= 0.3 is 5.97 Å². The Labute approximate surface area is 99.4 Å². The van der Waals surface area contributed by atoms with Crippen LogP contribution in [0.1, 0.15) is 15.9 Å². The SMILES string of the molecule is COC(=O)[C@H](CO)NC(=O)c1ccccc1C. The molecule has 0 spiro atoms. The third-order valence-corrected chi connectivity index (χ3v) is 2.36. The molecule has 1 amide bonds. The van der Waals surface area contributed by atoms with Gasteiger partial charge in [-0.15, -0.1) is 0 Å². The number of hydrogen-bond donors (Lipinski definition) is 2. The highest BCUT2D eigenvalue weighted by molar-refractivity contribution is 5.97. The predicted molar refractivity (Wildman–Crippen MR) is 61.5 cm³/mol. The second-order valence-corrected chi connectivity index (χ2v) is 3.55. The molecular formula is C12H15NO4. The van der Waals surface area contributed by atoms with Crippen LogP contribution in [0, 0.1) is 6.92 Å². The summed E-state index contributed by atoms with van der Waals surface area (Å²) in [6, 6.07) is 5.95.